The second-order valence-corrected chi connectivity index (χ2v) is 4.28. The Morgan fingerprint density at radius 3 is 2.69 bits per heavy atom. The second kappa shape index (κ2) is 6.77. The van der Waals surface area contributed by atoms with Crippen molar-refractivity contribution >= 4 is 11.6 Å². The van der Waals surface area contributed by atoms with E-state index in [0.717, 1.165) is 12.2 Å². The highest BCUT2D eigenvalue weighted by atomic mass is 35.5. The van der Waals surface area contributed by atoms with Crippen molar-refractivity contribution in [1.29, 1.82) is 0 Å². The van der Waals surface area contributed by atoms with Gasteiger partial charge in [-0.2, -0.15) is 0 Å². The van der Waals surface area contributed by atoms with Crippen LogP contribution in [0.2, 0.25) is 5.02 Å². The molecular weight excluding hydrogens is 222 g/mol. The monoisotopic (exact) mass is 241 g/mol. The van der Waals surface area contributed by atoms with Gasteiger partial charge >= 0.3 is 0 Å². The number of rotatable bonds is 6. The molecule has 1 aromatic carbocycles. The van der Waals surface area contributed by atoms with E-state index in [4.69, 9.17) is 16.3 Å². The van der Waals surface area contributed by atoms with E-state index in [9.17, 15) is 0 Å². The molecule has 0 aliphatic carbocycles. The fourth-order valence-electron chi connectivity index (χ4n) is 1.79. The third-order valence-corrected chi connectivity index (χ3v) is 3.07. The molecule has 0 radical (unpaired) electrons. The van der Waals surface area contributed by atoms with E-state index in [2.05, 4.69) is 18.3 Å². The topological polar surface area (TPSA) is 21.3 Å². The quantitative estimate of drug-likeness (QED) is 0.818. The average molecular weight is 242 g/mol. The van der Waals surface area contributed by atoms with Gasteiger partial charge in [0.05, 0.1) is 12.1 Å². The van der Waals surface area contributed by atoms with Gasteiger partial charge in [-0.05, 0) is 31.2 Å². The van der Waals surface area contributed by atoms with Crippen LogP contribution < -0.4 is 10.1 Å². The molecule has 3 heteroatoms. The number of hydrogen-bond acceptors (Lipinski definition) is 2. The van der Waals surface area contributed by atoms with Crippen molar-refractivity contribution in [2.75, 3.05) is 14.2 Å². The highest BCUT2D eigenvalue weighted by Gasteiger charge is 2.10. The van der Waals surface area contributed by atoms with Crippen LogP contribution in [-0.2, 0) is 0 Å². The molecule has 0 fully saturated rings. The minimum atomic E-state index is 0.378. The number of nitrogens with one attached hydrogen (secondary N) is 1. The molecule has 0 aliphatic rings. The number of hydrogen-bond donors (Lipinski definition) is 1. The summed E-state index contributed by atoms with van der Waals surface area (Å²) in [4.78, 5) is 0. The molecule has 0 bridgehead atoms. The number of unbranched alkanes of at least 4 members (excludes halogenated alkanes) is 1. The fraction of sp³-hybridized carbons (Fsp3) is 0.538. The Labute approximate surface area is 103 Å². The second-order valence-electron chi connectivity index (χ2n) is 3.88. The van der Waals surface area contributed by atoms with Crippen molar-refractivity contribution < 1.29 is 4.74 Å². The molecule has 1 aromatic rings. The highest BCUT2D eigenvalue weighted by molar-refractivity contribution is 6.32. The molecule has 0 heterocycles. The summed E-state index contributed by atoms with van der Waals surface area (Å²) in [6.07, 6.45) is 3.56. The van der Waals surface area contributed by atoms with Crippen molar-refractivity contribution in [3.05, 3.63) is 28.8 Å². The van der Waals surface area contributed by atoms with Crippen LogP contribution in [0.15, 0.2) is 18.2 Å². The zero-order valence-electron chi connectivity index (χ0n) is 10.2. The molecule has 1 rings (SSSR count). The lowest BCUT2D eigenvalue weighted by Gasteiger charge is -2.17. The lowest BCUT2D eigenvalue weighted by Crippen LogP contribution is -2.16. The van der Waals surface area contributed by atoms with Gasteiger partial charge in [-0.1, -0.05) is 37.4 Å². The maximum atomic E-state index is 6.11. The van der Waals surface area contributed by atoms with Gasteiger partial charge in [0.2, 0.25) is 0 Å². The third kappa shape index (κ3) is 3.39. The molecule has 0 amide bonds. The maximum Gasteiger partial charge on any atom is 0.137 e. The summed E-state index contributed by atoms with van der Waals surface area (Å²) in [5.41, 5.74) is 1.22. The number of benzene rings is 1. The maximum absolute atomic E-state index is 6.11. The van der Waals surface area contributed by atoms with Gasteiger partial charge in [-0.15, -0.1) is 0 Å². The molecule has 1 unspecified atom stereocenters. The zero-order valence-corrected chi connectivity index (χ0v) is 11.0. The molecule has 0 spiro atoms. The molecule has 0 saturated heterocycles. The van der Waals surface area contributed by atoms with E-state index in [0.29, 0.717) is 11.1 Å². The first kappa shape index (κ1) is 13.3. The minimum Gasteiger partial charge on any atom is -0.495 e. The van der Waals surface area contributed by atoms with E-state index in [1.807, 2.05) is 19.2 Å². The number of ether oxygens (including phenoxy) is 1. The third-order valence-electron chi connectivity index (χ3n) is 2.77. The van der Waals surface area contributed by atoms with Gasteiger partial charge in [0.25, 0.3) is 0 Å². The van der Waals surface area contributed by atoms with Crippen LogP contribution >= 0.6 is 11.6 Å². The molecule has 0 aromatic heterocycles. The van der Waals surface area contributed by atoms with Crippen LogP contribution in [0.1, 0.15) is 37.8 Å². The Bertz CT molecular complexity index is 328. The SMILES string of the molecule is CCCCC(NC)c1ccc(OC)c(Cl)c1. The Hall–Kier alpha value is -0.730. The largest absolute Gasteiger partial charge is 0.495 e. The van der Waals surface area contributed by atoms with Gasteiger partial charge in [0.15, 0.2) is 0 Å². The van der Waals surface area contributed by atoms with E-state index in [1.165, 1.54) is 18.4 Å². The van der Waals surface area contributed by atoms with Crippen LogP contribution in [0, 0.1) is 0 Å². The van der Waals surface area contributed by atoms with Crippen molar-refractivity contribution in [2.24, 2.45) is 0 Å². The molecule has 90 valence electrons. The number of halogens is 1. The summed E-state index contributed by atoms with van der Waals surface area (Å²) in [5, 5.41) is 4.00. The first-order valence-electron chi connectivity index (χ1n) is 5.73. The Balaban J connectivity index is 2.80. The summed E-state index contributed by atoms with van der Waals surface area (Å²) in [5.74, 6) is 0.732. The molecule has 0 saturated carbocycles. The van der Waals surface area contributed by atoms with Crippen molar-refractivity contribution in [3.63, 3.8) is 0 Å². The van der Waals surface area contributed by atoms with E-state index < -0.39 is 0 Å². The van der Waals surface area contributed by atoms with Crippen LogP contribution in [0.4, 0.5) is 0 Å². The summed E-state index contributed by atoms with van der Waals surface area (Å²) < 4.78 is 5.14. The molecule has 1 atom stereocenters. The van der Waals surface area contributed by atoms with E-state index >= 15 is 0 Å². The highest BCUT2D eigenvalue weighted by Crippen LogP contribution is 2.29. The lowest BCUT2D eigenvalue weighted by molar-refractivity contribution is 0.414. The number of methoxy groups -OCH3 is 1. The first-order chi connectivity index (χ1) is 7.72. The fourth-order valence-corrected chi connectivity index (χ4v) is 2.05. The summed E-state index contributed by atoms with van der Waals surface area (Å²) in [7, 11) is 3.62. The Morgan fingerprint density at radius 1 is 1.44 bits per heavy atom. The predicted molar refractivity (Wildman–Crippen MR) is 69.3 cm³/mol. The van der Waals surface area contributed by atoms with Crippen LogP contribution in [0.3, 0.4) is 0 Å². The van der Waals surface area contributed by atoms with Crippen LogP contribution in [0.25, 0.3) is 0 Å². The standard InChI is InChI=1S/C13H20ClNO/c1-4-5-6-12(15-2)10-7-8-13(16-3)11(14)9-10/h7-9,12,15H,4-6H2,1-3H3. The van der Waals surface area contributed by atoms with Crippen LogP contribution in [-0.4, -0.2) is 14.2 Å². The van der Waals surface area contributed by atoms with Gasteiger partial charge in [-0.25, -0.2) is 0 Å². The average Bonchev–Trinajstić information content (AvgIpc) is 2.30. The van der Waals surface area contributed by atoms with Crippen molar-refractivity contribution in [1.82, 2.24) is 5.32 Å². The summed E-state index contributed by atoms with van der Waals surface area (Å²) >= 11 is 6.11. The normalized spacial score (nSPS) is 12.5. The van der Waals surface area contributed by atoms with Crippen molar-refractivity contribution in [2.45, 2.75) is 32.2 Å². The molecule has 2 nitrogen and oxygen atoms in total. The van der Waals surface area contributed by atoms with E-state index in [-0.39, 0.29) is 0 Å². The van der Waals surface area contributed by atoms with Gasteiger partial charge in [0.1, 0.15) is 5.75 Å². The van der Waals surface area contributed by atoms with E-state index in [1.54, 1.807) is 7.11 Å². The molecule has 16 heavy (non-hydrogen) atoms. The lowest BCUT2D eigenvalue weighted by atomic mass is 10.0. The van der Waals surface area contributed by atoms with Crippen molar-refractivity contribution in [3.8, 4) is 5.75 Å². The first-order valence-corrected chi connectivity index (χ1v) is 6.11. The van der Waals surface area contributed by atoms with Gasteiger partial charge < -0.3 is 10.1 Å². The predicted octanol–water partition coefficient (Wildman–Crippen LogP) is 3.80. The molecule has 1 N–H and O–H groups in total. The van der Waals surface area contributed by atoms with Gasteiger partial charge in [-0.3, -0.25) is 0 Å². The Morgan fingerprint density at radius 2 is 2.19 bits per heavy atom. The molecular formula is C13H20ClNO. The smallest absolute Gasteiger partial charge is 0.137 e. The summed E-state index contributed by atoms with van der Waals surface area (Å²) in [6.45, 7) is 2.20. The zero-order chi connectivity index (χ0) is 12.0. The van der Waals surface area contributed by atoms with Gasteiger partial charge in [0, 0.05) is 6.04 Å². The van der Waals surface area contributed by atoms with Crippen LogP contribution in [0.5, 0.6) is 5.75 Å². The minimum absolute atomic E-state index is 0.378. The Kier molecular flexibility index (Phi) is 5.64. The summed E-state index contributed by atoms with van der Waals surface area (Å²) in [6, 6.07) is 6.36. The molecule has 0 aliphatic heterocycles.